The molecular formula is C13H6ClN3O6. The summed E-state index contributed by atoms with van der Waals surface area (Å²) in [5.74, 6) is -1.39. The highest BCUT2D eigenvalue weighted by Crippen LogP contribution is 2.23. The van der Waals surface area contributed by atoms with Crippen LogP contribution in [0.5, 0.6) is 0 Å². The first kappa shape index (κ1) is 16.2. The highest BCUT2D eigenvalue weighted by atomic mass is 35.5. The fourth-order valence-electron chi connectivity index (χ4n) is 1.67. The first-order chi connectivity index (χ1) is 10.8. The van der Waals surface area contributed by atoms with E-state index < -0.39 is 32.9 Å². The van der Waals surface area contributed by atoms with Crippen molar-refractivity contribution in [2.75, 3.05) is 0 Å². The van der Waals surface area contributed by atoms with Crippen LogP contribution < -0.4 is 0 Å². The van der Waals surface area contributed by atoms with E-state index in [1.165, 1.54) is 6.08 Å². The van der Waals surface area contributed by atoms with E-state index in [9.17, 15) is 29.8 Å². The van der Waals surface area contributed by atoms with E-state index >= 15 is 0 Å². The van der Waals surface area contributed by atoms with Gasteiger partial charge in [0, 0.05) is 12.1 Å². The van der Waals surface area contributed by atoms with Gasteiger partial charge in [-0.25, -0.2) is 4.99 Å². The van der Waals surface area contributed by atoms with Gasteiger partial charge < -0.3 is 0 Å². The van der Waals surface area contributed by atoms with Crippen LogP contribution >= 0.6 is 11.6 Å². The zero-order valence-corrected chi connectivity index (χ0v) is 11.9. The number of nitrogens with zero attached hydrogens (tertiary/aromatic N) is 3. The van der Waals surface area contributed by atoms with E-state index in [1.807, 2.05) is 0 Å². The third kappa shape index (κ3) is 3.71. The van der Waals surface area contributed by atoms with E-state index in [0.29, 0.717) is 0 Å². The van der Waals surface area contributed by atoms with Crippen LogP contribution in [-0.2, 0) is 4.79 Å². The van der Waals surface area contributed by atoms with Gasteiger partial charge in [0.25, 0.3) is 17.3 Å². The molecule has 1 aromatic carbocycles. The number of benzene rings is 1. The Labute approximate surface area is 132 Å². The summed E-state index contributed by atoms with van der Waals surface area (Å²) in [5, 5.41) is 21.4. The van der Waals surface area contributed by atoms with Crippen LogP contribution in [0.1, 0.15) is 10.4 Å². The second kappa shape index (κ2) is 6.28. The van der Waals surface area contributed by atoms with Gasteiger partial charge in [0.1, 0.15) is 0 Å². The Balaban J connectivity index is 2.43. The maximum Gasteiger partial charge on any atom is 0.278 e. The average Bonchev–Trinajstić information content (AvgIpc) is 2.50. The van der Waals surface area contributed by atoms with Crippen molar-refractivity contribution in [3.05, 3.63) is 67.3 Å². The van der Waals surface area contributed by atoms with Crippen molar-refractivity contribution in [3.63, 3.8) is 0 Å². The topological polar surface area (TPSA) is 133 Å². The van der Waals surface area contributed by atoms with Gasteiger partial charge in [0.15, 0.2) is 5.78 Å². The van der Waals surface area contributed by atoms with Crippen molar-refractivity contribution >= 4 is 40.4 Å². The Morgan fingerprint density at radius 1 is 1.04 bits per heavy atom. The van der Waals surface area contributed by atoms with Crippen LogP contribution in [0, 0.1) is 20.2 Å². The van der Waals surface area contributed by atoms with Crippen LogP contribution in [0.4, 0.5) is 11.4 Å². The van der Waals surface area contributed by atoms with Gasteiger partial charge in [-0.15, -0.1) is 0 Å². The van der Waals surface area contributed by atoms with Crippen LogP contribution in [0.2, 0.25) is 0 Å². The van der Waals surface area contributed by atoms with Crippen molar-refractivity contribution < 1.29 is 19.4 Å². The first-order valence-electron chi connectivity index (χ1n) is 5.94. The van der Waals surface area contributed by atoms with Crippen molar-refractivity contribution in [1.82, 2.24) is 0 Å². The zero-order valence-electron chi connectivity index (χ0n) is 11.1. The van der Waals surface area contributed by atoms with Crippen LogP contribution in [-0.4, -0.2) is 27.2 Å². The van der Waals surface area contributed by atoms with Crippen LogP contribution in [0.15, 0.2) is 46.5 Å². The molecule has 0 bridgehead atoms. The summed E-state index contributed by atoms with van der Waals surface area (Å²) in [6.07, 6.45) is 3.48. The number of carbonyl (C=O) groups is 2. The average molecular weight is 336 g/mol. The van der Waals surface area contributed by atoms with Gasteiger partial charge in [-0.05, 0) is 18.2 Å². The lowest BCUT2D eigenvalue weighted by molar-refractivity contribution is -0.394. The maximum atomic E-state index is 12.0. The van der Waals surface area contributed by atoms with Crippen molar-refractivity contribution in [3.8, 4) is 0 Å². The lowest BCUT2D eigenvalue weighted by Gasteiger charge is -2.02. The Morgan fingerprint density at radius 2 is 1.61 bits per heavy atom. The molecule has 1 amide bonds. The summed E-state index contributed by atoms with van der Waals surface area (Å²) in [7, 11) is 0. The van der Waals surface area contributed by atoms with Gasteiger partial charge in [-0.2, -0.15) is 0 Å². The summed E-state index contributed by atoms with van der Waals surface area (Å²) in [6.45, 7) is 0. The molecule has 2 rings (SSSR count). The molecule has 0 saturated heterocycles. The van der Waals surface area contributed by atoms with Crippen molar-refractivity contribution in [1.29, 1.82) is 0 Å². The lowest BCUT2D eigenvalue weighted by atomic mass is 10.1. The second-order valence-electron chi connectivity index (χ2n) is 4.28. The Bertz CT molecular complexity index is 808. The Morgan fingerprint density at radius 3 is 2.09 bits per heavy atom. The number of rotatable bonds is 3. The summed E-state index contributed by atoms with van der Waals surface area (Å²) < 4.78 is 0. The fraction of sp³-hybridized carbons (Fsp3) is 0. The van der Waals surface area contributed by atoms with Crippen molar-refractivity contribution in [2.24, 2.45) is 4.99 Å². The molecule has 10 heteroatoms. The molecule has 0 unspecified atom stereocenters. The number of non-ortho nitro benzene ring substituents is 2. The molecule has 116 valence electrons. The Kier molecular flexibility index (Phi) is 4.42. The number of hydrogen-bond donors (Lipinski definition) is 0. The van der Waals surface area contributed by atoms with E-state index in [0.717, 1.165) is 30.4 Å². The Hall–Kier alpha value is -3.20. The normalized spacial score (nSPS) is 15.4. The van der Waals surface area contributed by atoms with Gasteiger partial charge >= 0.3 is 0 Å². The number of carbonyl (C=O) groups excluding carboxylic acids is 2. The van der Waals surface area contributed by atoms with Crippen LogP contribution in [0.25, 0.3) is 0 Å². The lowest BCUT2D eigenvalue weighted by Crippen LogP contribution is -2.07. The SMILES string of the molecule is O=C1C=CC(=NC(=O)c2cc([N+](=O)[O-])cc([N+](=O)[O-])c2)C=C1Cl. The number of nitro benzene ring substituents is 2. The van der Waals surface area contributed by atoms with Gasteiger partial charge in [0.05, 0.1) is 32.2 Å². The smallest absolute Gasteiger partial charge is 0.278 e. The molecule has 0 spiro atoms. The molecular weight excluding hydrogens is 330 g/mol. The number of nitro groups is 2. The molecule has 1 aliphatic carbocycles. The number of allylic oxidation sites excluding steroid dienone is 4. The predicted octanol–water partition coefficient (Wildman–Crippen LogP) is 2.35. The highest BCUT2D eigenvalue weighted by Gasteiger charge is 2.20. The first-order valence-corrected chi connectivity index (χ1v) is 6.32. The monoisotopic (exact) mass is 335 g/mol. The quantitative estimate of drug-likeness (QED) is 0.473. The third-order valence-electron chi connectivity index (χ3n) is 2.72. The molecule has 23 heavy (non-hydrogen) atoms. The minimum Gasteiger partial charge on any atom is -0.288 e. The molecule has 0 atom stereocenters. The van der Waals surface area contributed by atoms with Crippen LogP contribution in [0.3, 0.4) is 0 Å². The molecule has 0 aromatic heterocycles. The van der Waals surface area contributed by atoms with E-state index in [-0.39, 0.29) is 16.3 Å². The van der Waals surface area contributed by atoms with E-state index in [4.69, 9.17) is 11.6 Å². The van der Waals surface area contributed by atoms with Gasteiger partial charge in [0.2, 0.25) is 0 Å². The molecule has 0 aliphatic heterocycles. The van der Waals surface area contributed by atoms with E-state index in [2.05, 4.69) is 4.99 Å². The highest BCUT2D eigenvalue weighted by molar-refractivity contribution is 6.47. The minimum absolute atomic E-state index is 0.0498. The number of amides is 1. The zero-order chi connectivity index (χ0) is 17.1. The molecule has 1 aliphatic rings. The van der Waals surface area contributed by atoms with E-state index in [1.54, 1.807) is 0 Å². The number of hydrogen-bond acceptors (Lipinski definition) is 6. The summed E-state index contributed by atoms with van der Waals surface area (Å²) >= 11 is 5.61. The third-order valence-corrected chi connectivity index (χ3v) is 3.01. The summed E-state index contributed by atoms with van der Waals surface area (Å²) in [5.41, 5.74) is -1.49. The standard InChI is InChI=1S/C13H6ClN3O6/c14-11-5-8(1-2-12(11)18)15-13(19)7-3-9(16(20)21)6-10(4-7)17(22)23/h1-6H. The molecule has 0 radical (unpaired) electrons. The number of aliphatic imine (C=N–C) groups is 1. The molecule has 0 saturated carbocycles. The molecule has 0 heterocycles. The second-order valence-corrected chi connectivity index (χ2v) is 4.69. The molecule has 1 aromatic rings. The van der Waals surface area contributed by atoms with Crippen molar-refractivity contribution in [2.45, 2.75) is 0 Å². The summed E-state index contributed by atoms with van der Waals surface area (Å²) in [4.78, 5) is 46.7. The largest absolute Gasteiger partial charge is 0.288 e. The maximum absolute atomic E-state index is 12.0. The fourth-order valence-corrected chi connectivity index (χ4v) is 1.85. The predicted molar refractivity (Wildman–Crippen MR) is 79.6 cm³/mol. The molecule has 0 fully saturated rings. The minimum atomic E-state index is -0.938. The van der Waals surface area contributed by atoms with Gasteiger partial charge in [-0.3, -0.25) is 29.8 Å². The number of ketones is 1. The molecule has 9 nitrogen and oxygen atoms in total. The van der Waals surface area contributed by atoms with Gasteiger partial charge in [-0.1, -0.05) is 11.6 Å². The number of halogens is 1. The summed E-state index contributed by atoms with van der Waals surface area (Å²) in [6, 6.07) is 2.49. The molecule has 0 N–H and O–H groups in total.